The van der Waals surface area contributed by atoms with Gasteiger partial charge in [0, 0.05) is 19.8 Å². The molecular weight excluding hydrogens is 244 g/mol. The Kier molecular flexibility index (Phi) is 6.28. The molecule has 0 bridgehead atoms. The topological polar surface area (TPSA) is 58.6 Å². The molecule has 1 N–H and O–H groups in total. The predicted octanol–water partition coefficient (Wildman–Crippen LogP) is 1.17. The van der Waals surface area contributed by atoms with Crippen molar-refractivity contribution >= 4 is 11.8 Å². The van der Waals surface area contributed by atoms with Crippen LogP contribution in [0.25, 0.3) is 0 Å². The average molecular weight is 270 g/mol. The minimum absolute atomic E-state index is 0.0392. The number of ether oxygens (including phenoxy) is 1. The summed E-state index contributed by atoms with van der Waals surface area (Å²) in [5.41, 5.74) is 0. The fourth-order valence-electron chi connectivity index (χ4n) is 2.30. The van der Waals surface area contributed by atoms with Gasteiger partial charge in [-0.25, -0.2) is 0 Å². The molecule has 5 heteroatoms. The van der Waals surface area contributed by atoms with Gasteiger partial charge in [0.1, 0.15) is 12.1 Å². The van der Waals surface area contributed by atoms with Crippen molar-refractivity contribution in [3.63, 3.8) is 0 Å². The van der Waals surface area contributed by atoms with E-state index in [0.717, 1.165) is 6.42 Å². The van der Waals surface area contributed by atoms with Crippen LogP contribution < -0.4 is 5.32 Å². The van der Waals surface area contributed by atoms with Gasteiger partial charge in [0.15, 0.2) is 0 Å². The van der Waals surface area contributed by atoms with Crippen LogP contribution in [0.4, 0.5) is 0 Å². The Morgan fingerprint density at radius 2 is 2.05 bits per heavy atom. The number of nitrogens with one attached hydrogen (secondary N) is 1. The lowest BCUT2D eigenvalue weighted by Crippen LogP contribution is -2.62. The second-order valence-corrected chi connectivity index (χ2v) is 5.45. The molecule has 19 heavy (non-hydrogen) atoms. The van der Waals surface area contributed by atoms with Gasteiger partial charge in [-0.3, -0.25) is 9.59 Å². The van der Waals surface area contributed by atoms with E-state index in [9.17, 15) is 9.59 Å². The second kappa shape index (κ2) is 7.48. The van der Waals surface area contributed by atoms with Crippen LogP contribution in [0, 0.1) is 5.92 Å². The molecule has 1 saturated heterocycles. The van der Waals surface area contributed by atoms with Crippen molar-refractivity contribution in [2.75, 3.05) is 19.8 Å². The van der Waals surface area contributed by atoms with E-state index in [2.05, 4.69) is 19.2 Å². The van der Waals surface area contributed by atoms with Crippen molar-refractivity contribution in [1.82, 2.24) is 10.2 Å². The molecule has 2 atom stereocenters. The van der Waals surface area contributed by atoms with Crippen LogP contribution in [-0.4, -0.2) is 48.6 Å². The van der Waals surface area contributed by atoms with Crippen LogP contribution >= 0.6 is 0 Å². The highest BCUT2D eigenvalue weighted by molar-refractivity contribution is 5.96. The molecule has 0 aliphatic carbocycles. The minimum Gasteiger partial charge on any atom is -0.382 e. The molecule has 0 spiro atoms. The highest BCUT2D eigenvalue weighted by atomic mass is 16.5. The Hall–Kier alpha value is -1.10. The van der Waals surface area contributed by atoms with E-state index in [1.165, 1.54) is 0 Å². The van der Waals surface area contributed by atoms with Gasteiger partial charge >= 0.3 is 0 Å². The monoisotopic (exact) mass is 270 g/mol. The van der Waals surface area contributed by atoms with Gasteiger partial charge in [-0.15, -0.1) is 0 Å². The zero-order chi connectivity index (χ0) is 14.4. The van der Waals surface area contributed by atoms with Crippen LogP contribution in [0.15, 0.2) is 0 Å². The molecule has 110 valence electrons. The summed E-state index contributed by atoms with van der Waals surface area (Å²) >= 11 is 0. The molecule has 1 aliphatic heterocycles. The summed E-state index contributed by atoms with van der Waals surface area (Å²) in [6, 6.07) is -0.742. The number of hydrogen-bond donors (Lipinski definition) is 1. The van der Waals surface area contributed by atoms with Crippen molar-refractivity contribution < 1.29 is 14.3 Å². The third kappa shape index (κ3) is 4.49. The van der Waals surface area contributed by atoms with Crippen LogP contribution in [-0.2, 0) is 14.3 Å². The summed E-state index contributed by atoms with van der Waals surface area (Å²) in [5, 5.41) is 2.82. The van der Waals surface area contributed by atoms with E-state index >= 15 is 0 Å². The summed E-state index contributed by atoms with van der Waals surface area (Å²) in [6.07, 6.45) is 1.46. The number of carbonyl (C=O) groups excluding carboxylic acids is 2. The highest BCUT2D eigenvalue weighted by Gasteiger charge is 2.37. The highest BCUT2D eigenvalue weighted by Crippen LogP contribution is 2.15. The van der Waals surface area contributed by atoms with Crippen molar-refractivity contribution in [3.05, 3.63) is 0 Å². The molecule has 2 amide bonds. The van der Waals surface area contributed by atoms with Gasteiger partial charge in [0.2, 0.25) is 11.8 Å². The molecule has 1 heterocycles. The molecule has 0 radical (unpaired) electrons. The first-order chi connectivity index (χ1) is 8.97. The third-order valence-electron chi connectivity index (χ3n) is 3.34. The molecule has 1 aliphatic rings. The lowest BCUT2D eigenvalue weighted by Gasteiger charge is -2.38. The van der Waals surface area contributed by atoms with E-state index < -0.39 is 0 Å². The SMILES string of the molecule is CCOCCCN1C(=O)C(CC(C)C)NC(=O)C1C. The first kappa shape index (κ1) is 16.0. The van der Waals surface area contributed by atoms with Crippen LogP contribution in [0.3, 0.4) is 0 Å². The van der Waals surface area contributed by atoms with E-state index in [4.69, 9.17) is 4.74 Å². The van der Waals surface area contributed by atoms with Crippen LogP contribution in [0.2, 0.25) is 0 Å². The Bertz CT molecular complexity index is 318. The summed E-state index contributed by atoms with van der Waals surface area (Å²) in [7, 11) is 0. The summed E-state index contributed by atoms with van der Waals surface area (Å²) < 4.78 is 5.27. The number of nitrogens with zero attached hydrogens (tertiary/aromatic N) is 1. The molecular formula is C14H26N2O3. The maximum Gasteiger partial charge on any atom is 0.245 e. The molecule has 0 aromatic rings. The Morgan fingerprint density at radius 3 is 2.63 bits per heavy atom. The zero-order valence-electron chi connectivity index (χ0n) is 12.4. The minimum atomic E-state index is -0.377. The Labute approximate surface area is 115 Å². The summed E-state index contributed by atoms with van der Waals surface area (Å²) in [5.74, 6) is 0.367. The lowest BCUT2D eigenvalue weighted by molar-refractivity contribution is -0.149. The quantitative estimate of drug-likeness (QED) is 0.707. The third-order valence-corrected chi connectivity index (χ3v) is 3.34. The normalized spacial score (nSPS) is 23.9. The van der Waals surface area contributed by atoms with Gasteiger partial charge in [0.25, 0.3) is 0 Å². The summed E-state index contributed by atoms with van der Waals surface area (Å²) in [4.78, 5) is 25.9. The van der Waals surface area contributed by atoms with Crippen molar-refractivity contribution in [2.24, 2.45) is 5.92 Å². The molecule has 1 fully saturated rings. The number of piperazine rings is 1. The molecule has 1 rings (SSSR count). The van der Waals surface area contributed by atoms with E-state index in [1.807, 2.05) is 6.92 Å². The number of rotatable bonds is 7. The lowest BCUT2D eigenvalue weighted by atomic mass is 9.99. The van der Waals surface area contributed by atoms with Gasteiger partial charge in [0.05, 0.1) is 0 Å². The van der Waals surface area contributed by atoms with Crippen molar-refractivity contribution in [1.29, 1.82) is 0 Å². The number of amides is 2. The van der Waals surface area contributed by atoms with Crippen molar-refractivity contribution in [3.8, 4) is 0 Å². The van der Waals surface area contributed by atoms with Crippen LogP contribution in [0.5, 0.6) is 0 Å². The molecule has 0 aromatic carbocycles. The predicted molar refractivity (Wildman–Crippen MR) is 73.7 cm³/mol. The van der Waals surface area contributed by atoms with Crippen LogP contribution in [0.1, 0.15) is 40.5 Å². The van der Waals surface area contributed by atoms with Gasteiger partial charge < -0.3 is 15.0 Å². The number of hydrogen-bond acceptors (Lipinski definition) is 3. The van der Waals surface area contributed by atoms with E-state index in [1.54, 1.807) is 11.8 Å². The zero-order valence-corrected chi connectivity index (χ0v) is 12.4. The Balaban J connectivity index is 2.59. The second-order valence-electron chi connectivity index (χ2n) is 5.45. The fourth-order valence-corrected chi connectivity index (χ4v) is 2.30. The Morgan fingerprint density at radius 1 is 1.37 bits per heavy atom. The van der Waals surface area contributed by atoms with Gasteiger partial charge in [-0.05, 0) is 32.6 Å². The molecule has 5 nitrogen and oxygen atoms in total. The molecule has 0 aromatic heterocycles. The number of carbonyl (C=O) groups is 2. The fraction of sp³-hybridized carbons (Fsp3) is 0.857. The maximum absolute atomic E-state index is 12.4. The average Bonchev–Trinajstić information content (AvgIpc) is 2.34. The standard InChI is InChI=1S/C14H26N2O3/c1-5-19-8-6-7-16-11(4)13(17)15-12(14(16)18)9-10(2)3/h10-12H,5-9H2,1-4H3,(H,15,17). The van der Waals surface area contributed by atoms with Gasteiger partial charge in [-0.2, -0.15) is 0 Å². The molecule has 2 unspecified atom stereocenters. The molecule has 0 saturated carbocycles. The summed E-state index contributed by atoms with van der Waals surface area (Å²) in [6.45, 7) is 9.72. The smallest absolute Gasteiger partial charge is 0.245 e. The van der Waals surface area contributed by atoms with E-state index in [-0.39, 0.29) is 23.9 Å². The largest absolute Gasteiger partial charge is 0.382 e. The van der Waals surface area contributed by atoms with E-state index in [0.29, 0.717) is 32.1 Å². The maximum atomic E-state index is 12.4. The first-order valence-electron chi connectivity index (χ1n) is 7.16. The van der Waals surface area contributed by atoms with Gasteiger partial charge in [-0.1, -0.05) is 13.8 Å². The first-order valence-corrected chi connectivity index (χ1v) is 7.16. The van der Waals surface area contributed by atoms with Crippen molar-refractivity contribution in [2.45, 2.75) is 52.6 Å².